The summed E-state index contributed by atoms with van der Waals surface area (Å²) in [6.45, 7) is 0.434. The lowest BCUT2D eigenvalue weighted by Gasteiger charge is -2.04. The molecule has 3 rings (SSSR count). The molecule has 0 spiro atoms. The molecule has 0 unspecified atom stereocenters. The summed E-state index contributed by atoms with van der Waals surface area (Å²) in [4.78, 5) is 11.9. The van der Waals surface area contributed by atoms with Crippen LogP contribution in [0, 0.1) is 5.82 Å². The number of thioether (sulfide) groups is 1. The molecule has 0 fully saturated rings. The van der Waals surface area contributed by atoms with Gasteiger partial charge >= 0.3 is 0 Å². The molecule has 0 atom stereocenters. The van der Waals surface area contributed by atoms with Crippen molar-refractivity contribution in [2.75, 3.05) is 19.4 Å². The van der Waals surface area contributed by atoms with Crippen molar-refractivity contribution in [2.45, 2.75) is 11.6 Å². The standard InChI is InChI=1S/C19H18FN3O3S/c1-25-16-7-5-14(6-8-16)18-22-23-19(26-18)27-12-17(24)21-10-9-13-3-2-4-15(20)11-13/h2-8,11H,9-10,12H2,1H3,(H,21,24). The minimum Gasteiger partial charge on any atom is -0.497 e. The highest BCUT2D eigenvalue weighted by atomic mass is 32.2. The molecule has 0 radical (unpaired) electrons. The van der Waals surface area contributed by atoms with Gasteiger partial charge in [-0.3, -0.25) is 4.79 Å². The normalized spacial score (nSPS) is 10.6. The highest BCUT2D eigenvalue weighted by Crippen LogP contribution is 2.24. The van der Waals surface area contributed by atoms with E-state index >= 15 is 0 Å². The third-order valence-electron chi connectivity index (χ3n) is 3.70. The van der Waals surface area contributed by atoms with Gasteiger partial charge in [0.1, 0.15) is 11.6 Å². The van der Waals surface area contributed by atoms with E-state index in [4.69, 9.17) is 9.15 Å². The molecule has 140 valence electrons. The number of rotatable bonds is 8. The van der Waals surface area contributed by atoms with Crippen molar-refractivity contribution >= 4 is 17.7 Å². The molecule has 3 aromatic rings. The van der Waals surface area contributed by atoms with Crippen LogP contribution >= 0.6 is 11.8 Å². The van der Waals surface area contributed by atoms with Crippen molar-refractivity contribution in [1.29, 1.82) is 0 Å². The van der Waals surface area contributed by atoms with Crippen LogP contribution in [-0.4, -0.2) is 35.5 Å². The van der Waals surface area contributed by atoms with Gasteiger partial charge < -0.3 is 14.5 Å². The highest BCUT2D eigenvalue weighted by molar-refractivity contribution is 7.99. The van der Waals surface area contributed by atoms with E-state index in [9.17, 15) is 9.18 Å². The molecule has 0 saturated carbocycles. The summed E-state index contributed by atoms with van der Waals surface area (Å²) in [5, 5.41) is 11.0. The SMILES string of the molecule is COc1ccc(-c2nnc(SCC(=O)NCCc3cccc(F)c3)o2)cc1. The van der Waals surface area contributed by atoms with Gasteiger partial charge in [0.15, 0.2) is 0 Å². The van der Waals surface area contributed by atoms with Gasteiger partial charge in [0.25, 0.3) is 5.22 Å². The molecule has 1 N–H and O–H groups in total. The molecule has 0 saturated heterocycles. The first kappa shape index (κ1) is 18.9. The Kier molecular flexibility index (Phi) is 6.43. The zero-order chi connectivity index (χ0) is 19.1. The van der Waals surface area contributed by atoms with Crippen LogP contribution < -0.4 is 10.1 Å². The van der Waals surface area contributed by atoms with Crippen LogP contribution in [0.4, 0.5) is 4.39 Å². The molecular formula is C19H18FN3O3S. The molecule has 8 heteroatoms. The second-order valence-corrected chi connectivity index (χ2v) is 6.55. The van der Waals surface area contributed by atoms with Crippen LogP contribution in [0.15, 0.2) is 58.2 Å². The van der Waals surface area contributed by atoms with E-state index in [0.29, 0.717) is 24.1 Å². The van der Waals surface area contributed by atoms with Gasteiger partial charge in [0, 0.05) is 12.1 Å². The number of hydrogen-bond donors (Lipinski definition) is 1. The van der Waals surface area contributed by atoms with Crippen molar-refractivity contribution in [3.8, 4) is 17.2 Å². The van der Waals surface area contributed by atoms with Crippen molar-refractivity contribution in [3.63, 3.8) is 0 Å². The molecular weight excluding hydrogens is 369 g/mol. The average molecular weight is 387 g/mol. The summed E-state index contributed by atoms with van der Waals surface area (Å²) in [6.07, 6.45) is 0.566. The summed E-state index contributed by atoms with van der Waals surface area (Å²) in [5.41, 5.74) is 1.61. The van der Waals surface area contributed by atoms with Gasteiger partial charge in [-0.25, -0.2) is 4.39 Å². The molecule has 0 bridgehead atoms. The molecule has 0 aliphatic heterocycles. The van der Waals surface area contributed by atoms with E-state index in [1.165, 1.54) is 12.1 Å². The summed E-state index contributed by atoms with van der Waals surface area (Å²) in [6, 6.07) is 13.6. The average Bonchev–Trinajstić information content (AvgIpc) is 3.16. The number of benzene rings is 2. The van der Waals surface area contributed by atoms with E-state index in [1.54, 1.807) is 25.3 Å². The Morgan fingerprint density at radius 1 is 1.22 bits per heavy atom. The Morgan fingerprint density at radius 2 is 2.04 bits per heavy atom. The fraction of sp³-hybridized carbons (Fsp3) is 0.211. The Balaban J connectivity index is 1.44. The van der Waals surface area contributed by atoms with Crippen LogP contribution in [0.2, 0.25) is 0 Å². The highest BCUT2D eigenvalue weighted by Gasteiger charge is 2.11. The zero-order valence-corrected chi connectivity index (χ0v) is 15.5. The number of hydrogen-bond acceptors (Lipinski definition) is 6. The Bertz CT molecular complexity index is 899. The molecule has 1 heterocycles. The molecule has 2 aromatic carbocycles. The second kappa shape index (κ2) is 9.18. The van der Waals surface area contributed by atoms with E-state index in [2.05, 4.69) is 15.5 Å². The number of nitrogens with one attached hydrogen (secondary N) is 1. The maximum absolute atomic E-state index is 13.1. The van der Waals surface area contributed by atoms with Gasteiger partial charge in [0.05, 0.1) is 12.9 Å². The predicted octanol–water partition coefficient (Wildman–Crippen LogP) is 3.34. The van der Waals surface area contributed by atoms with Gasteiger partial charge in [0.2, 0.25) is 11.8 Å². The number of carbonyl (C=O) groups excluding carboxylic acids is 1. The second-order valence-electron chi connectivity index (χ2n) is 5.62. The topological polar surface area (TPSA) is 77.2 Å². The summed E-state index contributed by atoms with van der Waals surface area (Å²) in [5.74, 6) is 0.849. The molecule has 0 aliphatic rings. The first-order chi connectivity index (χ1) is 13.1. The minimum absolute atomic E-state index is 0.152. The van der Waals surface area contributed by atoms with Crippen molar-refractivity contribution in [1.82, 2.24) is 15.5 Å². The molecule has 6 nitrogen and oxygen atoms in total. The van der Waals surface area contributed by atoms with Crippen LogP contribution in [-0.2, 0) is 11.2 Å². The summed E-state index contributed by atoms with van der Waals surface area (Å²) in [7, 11) is 1.60. The fourth-order valence-corrected chi connectivity index (χ4v) is 2.93. The van der Waals surface area contributed by atoms with Crippen molar-refractivity contribution in [3.05, 3.63) is 59.9 Å². The third kappa shape index (κ3) is 5.55. The maximum atomic E-state index is 13.1. The zero-order valence-electron chi connectivity index (χ0n) is 14.6. The number of halogens is 1. The van der Waals surface area contributed by atoms with Gasteiger partial charge in [-0.2, -0.15) is 0 Å². The Labute approximate surface area is 160 Å². The number of ether oxygens (including phenoxy) is 1. The van der Waals surface area contributed by atoms with Crippen LogP contribution in [0.25, 0.3) is 11.5 Å². The lowest BCUT2D eigenvalue weighted by molar-refractivity contribution is -0.118. The summed E-state index contributed by atoms with van der Waals surface area (Å²) < 4.78 is 23.8. The van der Waals surface area contributed by atoms with E-state index in [0.717, 1.165) is 28.6 Å². The van der Waals surface area contributed by atoms with Crippen LogP contribution in [0.5, 0.6) is 5.75 Å². The predicted molar refractivity (Wildman–Crippen MR) is 100 cm³/mol. The lowest BCUT2D eigenvalue weighted by atomic mass is 10.1. The number of methoxy groups -OCH3 is 1. The maximum Gasteiger partial charge on any atom is 0.277 e. The number of carbonyl (C=O) groups is 1. The van der Waals surface area contributed by atoms with Crippen molar-refractivity contribution in [2.24, 2.45) is 0 Å². The lowest BCUT2D eigenvalue weighted by Crippen LogP contribution is -2.27. The molecule has 0 aliphatic carbocycles. The number of aromatic nitrogens is 2. The fourth-order valence-electron chi connectivity index (χ4n) is 2.34. The van der Waals surface area contributed by atoms with E-state index in [1.807, 2.05) is 18.2 Å². The number of amides is 1. The van der Waals surface area contributed by atoms with Gasteiger partial charge in [-0.05, 0) is 48.4 Å². The first-order valence-corrected chi connectivity index (χ1v) is 9.24. The Morgan fingerprint density at radius 3 is 2.78 bits per heavy atom. The molecule has 1 amide bonds. The van der Waals surface area contributed by atoms with Crippen LogP contribution in [0.1, 0.15) is 5.56 Å². The van der Waals surface area contributed by atoms with Gasteiger partial charge in [-0.15, -0.1) is 10.2 Å². The third-order valence-corrected chi connectivity index (χ3v) is 4.51. The van der Waals surface area contributed by atoms with E-state index < -0.39 is 0 Å². The smallest absolute Gasteiger partial charge is 0.277 e. The first-order valence-electron chi connectivity index (χ1n) is 8.26. The largest absolute Gasteiger partial charge is 0.497 e. The molecule has 1 aromatic heterocycles. The van der Waals surface area contributed by atoms with Gasteiger partial charge in [-0.1, -0.05) is 23.9 Å². The van der Waals surface area contributed by atoms with Crippen molar-refractivity contribution < 1.29 is 18.3 Å². The quantitative estimate of drug-likeness (QED) is 0.598. The van der Waals surface area contributed by atoms with Crippen LogP contribution in [0.3, 0.4) is 0 Å². The Hall–Kier alpha value is -2.87. The number of nitrogens with zero attached hydrogens (tertiary/aromatic N) is 2. The minimum atomic E-state index is -0.279. The summed E-state index contributed by atoms with van der Waals surface area (Å²) >= 11 is 1.16. The van der Waals surface area contributed by atoms with E-state index in [-0.39, 0.29) is 17.5 Å². The molecule has 27 heavy (non-hydrogen) atoms. The monoisotopic (exact) mass is 387 g/mol.